The van der Waals surface area contributed by atoms with Crippen molar-refractivity contribution in [3.8, 4) is 0 Å². The summed E-state index contributed by atoms with van der Waals surface area (Å²) in [5.41, 5.74) is 1.38. The van der Waals surface area contributed by atoms with Gasteiger partial charge in [-0.25, -0.2) is 4.98 Å². The monoisotopic (exact) mass is 243 g/mol. The first-order chi connectivity index (χ1) is 8.88. The van der Waals surface area contributed by atoms with Crippen LogP contribution in [0.3, 0.4) is 0 Å². The molecule has 1 saturated heterocycles. The lowest BCUT2D eigenvalue weighted by Crippen LogP contribution is -2.32. The van der Waals surface area contributed by atoms with Crippen molar-refractivity contribution in [2.75, 3.05) is 11.4 Å². The largest absolute Gasteiger partial charge is 0.353 e. The topological polar surface area (TPSA) is 28.2 Å². The Bertz CT molecular complexity index is 441. The number of nitrogens with zero attached hydrogens (tertiary/aromatic N) is 2. The summed E-state index contributed by atoms with van der Waals surface area (Å²) < 4.78 is 0. The smallest absolute Gasteiger partial charge is 0.129 e. The Morgan fingerprint density at radius 1 is 1.28 bits per heavy atom. The van der Waals surface area contributed by atoms with Crippen LogP contribution in [0.4, 0.5) is 5.82 Å². The van der Waals surface area contributed by atoms with E-state index in [1.165, 1.54) is 50.0 Å². The zero-order valence-electron chi connectivity index (χ0n) is 10.8. The van der Waals surface area contributed by atoms with E-state index < -0.39 is 0 Å². The van der Waals surface area contributed by atoms with Crippen LogP contribution in [-0.4, -0.2) is 23.6 Å². The summed E-state index contributed by atoms with van der Waals surface area (Å²) in [5.74, 6) is 2.14. The second-order valence-corrected chi connectivity index (χ2v) is 6.16. The Balaban J connectivity index is 1.48. The van der Waals surface area contributed by atoms with Gasteiger partial charge >= 0.3 is 0 Å². The molecule has 0 spiro atoms. The molecule has 1 N–H and O–H groups in total. The minimum Gasteiger partial charge on any atom is -0.353 e. The van der Waals surface area contributed by atoms with Crippen LogP contribution in [0.5, 0.6) is 0 Å². The van der Waals surface area contributed by atoms with Crippen molar-refractivity contribution in [1.82, 2.24) is 10.3 Å². The van der Waals surface area contributed by atoms with Gasteiger partial charge in [0.1, 0.15) is 5.82 Å². The van der Waals surface area contributed by atoms with Crippen molar-refractivity contribution in [3.63, 3.8) is 0 Å². The number of anilines is 1. The molecule has 2 bridgehead atoms. The number of hydrogen-bond acceptors (Lipinski definition) is 3. The minimum absolute atomic E-state index is 0.772. The molecule has 2 unspecified atom stereocenters. The maximum atomic E-state index is 4.58. The van der Waals surface area contributed by atoms with Gasteiger partial charge in [-0.15, -0.1) is 0 Å². The van der Waals surface area contributed by atoms with Crippen LogP contribution in [-0.2, 0) is 6.54 Å². The van der Waals surface area contributed by atoms with Crippen LogP contribution in [0.25, 0.3) is 0 Å². The highest BCUT2D eigenvalue weighted by Gasteiger charge is 2.38. The molecule has 3 fully saturated rings. The molecule has 2 aliphatic carbocycles. The quantitative estimate of drug-likeness (QED) is 0.879. The van der Waals surface area contributed by atoms with Gasteiger partial charge in [0.2, 0.25) is 0 Å². The van der Waals surface area contributed by atoms with E-state index in [1.807, 2.05) is 6.20 Å². The average Bonchev–Trinajstić information content (AvgIpc) is 3.00. The highest BCUT2D eigenvalue weighted by molar-refractivity contribution is 5.44. The fourth-order valence-corrected chi connectivity index (χ4v) is 3.48. The number of aromatic nitrogens is 1. The molecule has 18 heavy (non-hydrogen) atoms. The Morgan fingerprint density at radius 2 is 2.22 bits per heavy atom. The van der Waals surface area contributed by atoms with Gasteiger partial charge in [-0.1, -0.05) is 0 Å². The predicted molar refractivity (Wildman–Crippen MR) is 72.6 cm³/mol. The van der Waals surface area contributed by atoms with Crippen molar-refractivity contribution in [2.24, 2.45) is 5.92 Å². The van der Waals surface area contributed by atoms with Gasteiger partial charge in [-0.2, -0.15) is 0 Å². The number of fused-ring (bicyclic) bond motifs is 2. The van der Waals surface area contributed by atoms with E-state index in [9.17, 15) is 0 Å². The molecule has 4 rings (SSSR count). The zero-order valence-corrected chi connectivity index (χ0v) is 10.8. The molecule has 1 aromatic heterocycles. The minimum atomic E-state index is 0.772. The van der Waals surface area contributed by atoms with E-state index in [-0.39, 0.29) is 0 Å². The van der Waals surface area contributed by atoms with Gasteiger partial charge in [0.05, 0.1) is 0 Å². The second-order valence-electron chi connectivity index (χ2n) is 6.16. The normalized spacial score (nSPS) is 30.1. The van der Waals surface area contributed by atoms with Crippen molar-refractivity contribution >= 4 is 5.82 Å². The molecule has 0 aromatic carbocycles. The molecule has 0 radical (unpaired) electrons. The van der Waals surface area contributed by atoms with E-state index in [2.05, 4.69) is 27.3 Å². The number of hydrogen-bond donors (Lipinski definition) is 1. The zero-order chi connectivity index (χ0) is 11.9. The van der Waals surface area contributed by atoms with Crippen LogP contribution >= 0.6 is 0 Å². The summed E-state index contributed by atoms with van der Waals surface area (Å²) in [7, 11) is 0. The van der Waals surface area contributed by atoms with Gasteiger partial charge < -0.3 is 10.2 Å². The van der Waals surface area contributed by atoms with Gasteiger partial charge in [-0.3, -0.25) is 0 Å². The van der Waals surface area contributed by atoms with Gasteiger partial charge in [-0.05, 0) is 55.7 Å². The lowest BCUT2D eigenvalue weighted by molar-refractivity contribution is 0.550. The Morgan fingerprint density at radius 3 is 2.94 bits per heavy atom. The molecule has 96 valence electrons. The van der Waals surface area contributed by atoms with Crippen LogP contribution in [0.15, 0.2) is 18.3 Å². The van der Waals surface area contributed by atoms with E-state index in [0.29, 0.717) is 0 Å². The second kappa shape index (κ2) is 4.23. The molecule has 1 aliphatic heterocycles. The maximum Gasteiger partial charge on any atom is 0.129 e. The van der Waals surface area contributed by atoms with Gasteiger partial charge in [0.25, 0.3) is 0 Å². The van der Waals surface area contributed by atoms with E-state index >= 15 is 0 Å². The molecule has 0 amide bonds. The summed E-state index contributed by atoms with van der Waals surface area (Å²) >= 11 is 0. The molecule has 3 heteroatoms. The highest BCUT2D eigenvalue weighted by Crippen LogP contribution is 2.39. The Hall–Kier alpha value is -1.09. The number of piperidine rings is 1. The third kappa shape index (κ3) is 2.01. The summed E-state index contributed by atoms with van der Waals surface area (Å²) in [5, 5.41) is 3.58. The molecule has 1 aromatic rings. The first kappa shape index (κ1) is 10.8. The molecule has 3 nitrogen and oxygen atoms in total. The molecule has 3 aliphatic rings. The summed E-state index contributed by atoms with van der Waals surface area (Å²) in [6.07, 6.45) is 8.89. The van der Waals surface area contributed by atoms with Crippen LogP contribution in [0.1, 0.15) is 37.7 Å². The SMILES string of the molecule is c1cc(CNC2CC2)cc(N2CC3CCC2C3)n1. The fourth-order valence-electron chi connectivity index (χ4n) is 3.48. The predicted octanol–water partition coefficient (Wildman–Crippen LogP) is 2.32. The number of nitrogens with one attached hydrogen (secondary N) is 1. The number of rotatable bonds is 4. The van der Waals surface area contributed by atoms with Crippen molar-refractivity contribution in [3.05, 3.63) is 23.9 Å². The van der Waals surface area contributed by atoms with E-state index in [0.717, 1.165) is 24.5 Å². The fraction of sp³-hybridized carbons (Fsp3) is 0.667. The lowest BCUT2D eigenvalue weighted by Gasteiger charge is -2.28. The molecule has 2 heterocycles. The van der Waals surface area contributed by atoms with Crippen LogP contribution in [0.2, 0.25) is 0 Å². The summed E-state index contributed by atoms with van der Waals surface area (Å²) in [6.45, 7) is 2.24. The van der Waals surface area contributed by atoms with Crippen LogP contribution in [0, 0.1) is 5.92 Å². The molecule has 2 saturated carbocycles. The Labute approximate surface area is 109 Å². The molecule has 2 atom stereocenters. The van der Waals surface area contributed by atoms with E-state index in [1.54, 1.807) is 0 Å². The third-order valence-electron chi connectivity index (χ3n) is 4.69. The number of pyridine rings is 1. The summed E-state index contributed by atoms with van der Waals surface area (Å²) in [4.78, 5) is 7.12. The van der Waals surface area contributed by atoms with E-state index in [4.69, 9.17) is 0 Å². The van der Waals surface area contributed by atoms with Gasteiger partial charge in [0, 0.05) is 31.4 Å². The van der Waals surface area contributed by atoms with Crippen molar-refractivity contribution in [1.29, 1.82) is 0 Å². The van der Waals surface area contributed by atoms with Gasteiger partial charge in [0.15, 0.2) is 0 Å². The highest BCUT2D eigenvalue weighted by atomic mass is 15.2. The van der Waals surface area contributed by atoms with Crippen LogP contribution < -0.4 is 10.2 Å². The third-order valence-corrected chi connectivity index (χ3v) is 4.69. The maximum absolute atomic E-state index is 4.58. The van der Waals surface area contributed by atoms with Crippen molar-refractivity contribution < 1.29 is 0 Å². The summed E-state index contributed by atoms with van der Waals surface area (Å²) in [6, 6.07) is 5.99. The first-order valence-corrected chi connectivity index (χ1v) is 7.33. The Kier molecular flexibility index (Phi) is 2.54. The average molecular weight is 243 g/mol. The van der Waals surface area contributed by atoms with Crippen molar-refractivity contribution in [2.45, 2.75) is 50.7 Å². The standard InChI is InChI=1S/C15H21N3/c1-4-14-7-12(1)10-18(14)15-8-11(5-6-16-15)9-17-13-2-3-13/h5-6,8,12-14,17H,1-4,7,9-10H2. The first-order valence-electron chi connectivity index (χ1n) is 7.33. The molecular formula is C15H21N3. The molecular weight excluding hydrogens is 222 g/mol. The lowest BCUT2D eigenvalue weighted by atomic mass is 10.1.